The maximum atomic E-state index is 2.41. The molecule has 10 rings (SSSR count). The first-order chi connectivity index (χ1) is 24.8. The zero-order valence-corrected chi connectivity index (χ0v) is 27.5. The lowest BCUT2D eigenvalue weighted by Crippen LogP contribution is -1.91. The molecule has 0 heteroatoms. The molecule has 232 valence electrons. The lowest BCUT2D eigenvalue weighted by molar-refractivity contribution is 1.64. The van der Waals surface area contributed by atoms with Crippen molar-refractivity contribution < 1.29 is 0 Å². The smallest absolute Gasteiger partial charge is 0.00139 e. The summed E-state index contributed by atoms with van der Waals surface area (Å²) in [4.78, 5) is 0. The van der Waals surface area contributed by atoms with Gasteiger partial charge in [-0.2, -0.15) is 0 Å². The van der Waals surface area contributed by atoms with Crippen LogP contribution in [0.5, 0.6) is 0 Å². The minimum Gasteiger partial charge on any atom is -0.0622 e. The molecule has 0 nitrogen and oxygen atoms in total. The Balaban J connectivity index is 1.39. The van der Waals surface area contributed by atoms with Crippen molar-refractivity contribution in [3.05, 3.63) is 194 Å². The van der Waals surface area contributed by atoms with Crippen molar-refractivity contribution in [1.82, 2.24) is 0 Å². The summed E-state index contributed by atoms with van der Waals surface area (Å²) in [6.45, 7) is 0. The first kappa shape index (κ1) is 28.5. The maximum Gasteiger partial charge on any atom is -0.00139 e. The van der Waals surface area contributed by atoms with Crippen LogP contribution in [0.1, 0.15) is 0 Å². The van der Waals surface area contributed by atoms with Gasteiger partial charge >= 0.3 is 0 Å². The molecular formula is C50H32. The van der Waals surface area contributed by atoms with Crippen LogP contribution < -0.4 is 0 Å². The number of hydrogen-bond donors (Lipinski definition) is 0. The molecule has 0 bridgehead atoms. The monoisotopic (exact) mass is 632 g/mol. The molecule has 0 N–H and O–H groups in total. The Bertz CT molecular complexity index is 2470. The molecule has 0 fully saturated rings. The highest BCUT2D eigenvalue weighted by atomic mass is 14.2. The highest BCUT2D eigenvalue weighted by Gasteiger charge is 2.18. The van der Waals surface area contributed by atoms with E-state index in [9.17, 15) is 0 Å². The molecule has 0 aliphatic carbocycles. The second-order valence-electron chi connectivity index (χ2n) is 13.3. The number of rotatable bonds is 4. The predicted octanol–water partition coefficient (Wildman–Crippen LogP) is 14.1. The molecule has 0 radical (unpaired) electrons. The van der Waals surface area contributed by atoms with Gasteiger partial charge in [-0.05, 0) is 123 Å². The lowest BCUT2D eigenvalue weighted by atomic mass is 9.84. The van der Waals surface area contributed by atoms with Gasteiger partial charge in [-0.15, -0.1) is 0 Å². The van der Waals surface area contributed by atoms with Gasteiger partial charge in [0.15, 0.2) is 0 Å². The summed E-state index contributed by atoms with van der Waals surface area (Å²) in [7, 11) is 0. The minimum atomic E-state index is 1.23. The van der Waals surface area contributed by atoms with Crippen LogP contribution in [-0.4, -0.2) is 0 Å². The van der Waals surface area contributed by atoms with Crippen LogP contribution in [0.4, 0.5) is 0 Å². The van der Waals surface area contributed by atoms with E-state index in [-0.39, 0.29) is 0 Å². The minimum absolute atomic E-state index is 1.23. The molecule has 0 saturated carbocycles. The number of hydrogen-bond acceptors (Lipinski definition) is 0. The van der Waals surface area contributed by atoms with Crippen LogP contribution in [0, 0.1) is 0 Å². The third-order valence-electron chi connectivity index (χ3n) is 10.4. The molecule has 0 unspecified atom stereocenters. The van der Waals surface area contributed by atoms with Crippen molar-refractivity contribution in [2.45, 2.75) is 0 Å². The van der Waals surface area contributed by atoms with E-state index in [0.717, 1.165) is 0 Å². The fourth-order valence-electron chi connectivity index (χ4n) is 8.01. The zero-order valence-electron chi connectivity index (χ0n) is 27.5. The molecule has 50 heavy (non-hydrogen) atoms. The summed E-state index contributed by atoms with van der Waals surface area (Å²) >= 11 is 0. The predicted molar refractivity (Wildman–Crippen MR) is 216 cm³/mol. The van der Waals surface area contributed by atoms with Gasteiger partial charge in [0.05, 0.1) is 0 Å². The van der Waals surface area contributed by atoms with Crippen LogP contribution >= 0.6 is 0 Å². The van der Waals surface area contributed by atoms with Gasteiger partial charge in [0, 0.05) is 0 Å². The Kier molecular flexibility index (Phi) is 6.60. The summed E-state index contributed by atoms with van der Waals surface area (Å²) in [6.07, 6.45) is 0. The van der Waals surface area contributed by atoms with E-state index in [1.807, 2.05) is 0 Å². The van der Waals surface area contributed by atoms with Gasteiger partial charge in [-0.25, -0.2) is 0 Å². The molecule has 0 aliphatic heterocycles. The highest BCUT2D eigenvalue weighted by molar-refractivity contribution is 6.40. The summed E-state index contributed by atoms with van der Waals surface area (Å²) in [5.74, 6) is 0. The maximum absolute atomic E-state index is 2.41. The average Bonchev–Trinajstić information content (AvgIpc) is 3.21. The van der Waals surface area contributed by atoms with Crippen LogP contribution in [0.3, 0.4) is 0 Å². The normalized spacial score (nSPS) is 11.6. The lowest BCUT2D eigenvalue weighted by Gasteiger charge is -2.19. The molecule has 0 atom stereocenters. The Morgan fingerprint density at radius 2 is 0.380 bits per heavy atom. The van der Waals surface area contributed by atoms with Crippen molar-refractivity contribution in [1.29, 1.82) is 0 Å². The van der Waals surface area contributed by atoms with E-state index >= 15 is 0 Å². The van der Waals surface area contributed by atoms with Gasteiger partial charge in [0.1, 0.15) is 0 Å². The summed E-state index contributed by atoms with van der Waals surface area (Å²) in [5, 5.41) is 12.9. The molecule has 10 aromatic carbocycles. The second kappa shape index (κ2) is 11.6. The van der Waals surface area contributed by atoms with Crippen LogP contribution in [-0.2, 0) is 0 Å². The van der Waals surface area contributed by atoms with Gasteiger partial charge in [-0.3, -0.25) is 0 Å². The number of fused-ring (bicyclic) bond motifs is 11. The van der Waals surface area contributed by atoms with E-state index in [1.165, 1.54) is 98.4 Å². The van der Waals surface area contributed by atoms with Crippen LogP contribution in [0.15, 0.2) is 194 Å². The summed E-state index contributed by atoms with van der Waals surface area (Å²) in [6, 6.07) is 71.3. The van der Waals surface area contributed by atoms with E-state index < -0.39 is 0 Å². The van der Waals surface area contributed by atoms with Crippen molar-refractivity contribution in [3.8, 4) is 44.5 Å². The average molecular weight is 633 g/mol. The van der Waals surface area contributed by atoms with Crippen LogP contribution in [0.25, 0.3) is 98.4 Å². The van der Waals surface area contributed by atoms with Gasteiger partial charge in [0.25, 0.3) is 0 Å². The van der Waals surface area contributed by atoms with E-state index in [2.05, 4.69) is 194 Å². The Morgan fingerprint density at radius 1 is 0.160 bits per heavy atom. The Morgan fingerprint density at radius 3 is 0.600 bits per heavy atom. The van der Waals surface area contributed by atoms with Crippen molar-refractivity contribution in [2.75, 3.05) is 0 Å². The zero-order chi connectivity index (χ0) is 33.0. The largest absolute Gasteiger partial charge is 0.0622 e. The standard InChI is InChI=1S/C50H32/c1-5-13-33(14-6-1)37-21-25-41-45(29-37)46-30-38(34-15-7-2-8-16-34)22-26-42(46)50-44-28-24-40(36-19-11-4-12-20-36)32-48(44)47-31-39(23-27-43(47)49(41)50)35-17-9-3-10-18-35/h1-32H. The van der Waals surface area contributed by atoms with Crippen LogP contribution in [0.2, 0.25) is 0 Å². The second-order valence-corrected chi connectivity index (χ2v) is 13.3. The highest BCUT2D eigenvalue weighted by Crippen LogP contribution is 2.47. The van der Waals surface area contributed by atoms with Crippen molar-refractivity contribution in [2.24, 2.45) is 0 Å². The van der Waals surface area contributed by atoms with Gasteiger partial charge < -0.3 is 0 Å². The molecule has 0 aliphatic rings. The molecule has 10 aromatic rings. The summed E-state index contributed by atoms with van der Waals surface area (Å²) in [5.41, 5.74) is 9.83. The quantitative estimate of drug-likeness (QED) is 0.169. The van der Waals surface area contributed by atoms with E-state index in [1.54, 1.807) is 0 Å². The first-order valence-corrected chi connectivity index (χ1v) is 17.3. The first-order valence-electron chi connectivity index (χ1n) is 17.3. The molecule has 0 saturated heterocycles. The molecule has 0 amide bonds. The van der Waals surface area contributed by atoms with Crippen molar-refractivity contribution >= 4 is 53.9 Å². The molecule has 0 heterocycles. The number of benzene rings is 10. The van der Waals surface area contributed by atoms with E-state index in [4.69, 9.17) is 0 Å². The molecule has 0 spiro atoms. The fourth-order valence-corrected chi connectivity index (χ4v) is 8.01. The van der Waals surface area contributed by atoms with Gasteiger partial charge in [0.2, 0.25) is 0 Å². The SMILES string of the molecule is c1ccc(-c2ccc3c(c2)c2cc(-c4ccccc4)ccc2c2c4ccc(-c5ccccc5)cc4c4cc(-c5ccccc5)ccc4c32)cc1. The third kappa shape index (κ3) is 4.61. The topological polar surface area (TPSA) is 0 Å². The molecule has 0 aromatic heterocycles. The van der Waals surface area contributed by atoms with Gasteiger partial charge in [-0.1, -0.05) is 170 Å². The Labute approximate surface area is 291 Å². The Hall–Kier alpha value is -6.50. The summed E-state index contributed by atoms with van der Waals surface area (Å²) < 4.78 is 0. The van der Waals surface area contributed by atoms with Crippen molar-refractivity contribution in [3.63, 3.8) is 0 Å². The molecular weight excluding hydrogens is 601 g/mol. The fraction of sp³-hybridized carbons (Fsp3) is 0. The van der Waals surface area contributed by atoms with E-state index in [0.29, 0.717) is 0 Å². The third-order valence-corrected chi connectivity index (χ3v) is 10.4.